The van der Waals surface area contributed by atoms with Gasteiger partial charge in [0, 0.05) is 5.57 Å². The number of allylic oxidation sites excluding steroid dienone is 4. The molecule has 0 heterocycles. The van der Waals surface area contributed by atoms with Crippen molar-refractivity contribution in [2.24, 2.45) is 5.92 Å². The number of hydrogen-bond acceptors (Lipinski definition) is 1. The maximum atomic E-state index is 8.36. The Morgan fingerprint density at radius 3 is 2.27 bits per heavy atom. The highest BCUT2D eigenvalue weighted by molar-refractivity contribution is 5.33. The Morgan fingerprint density at radius 2 is 1.91 bits per heavy atom. The van der Waals surface area contributed by atoms with E-state index in [1.165, 1.54) is 0 Å². The maximum Gasteiger partial charge on any atom is 0.0985 e. The highest BCUT2D eigenvalue weighted by Crippen LogP contribution is 2.08. The van der Waals surface area contributed by atoms with Crippen molar-refractivity contribution in [3.63, 3.8) is 0 Å². The second-order valence-corrected chi connectivity index (χ2v) is 2.70. The summed E-state index contributed by atoms with van der Waals surface area (Å²) in [5.74, 6) is 0.428. The monoisotopic (exact) mass is 147 g/mol. The molecule has 0 amide bonds. The van der Waals surface area contributed by atoms with Crippen LogP contribution in [-0.2, 0) is 0 Å². The quantitative estimate of drug-likeness (QED) is 0.445. The molecule has 0 aromatic carbocycles. The maximum absolute atomic E-state index is 8.36. The molecule has 0 saturated carbocycles. The standard InChI is InChI=1S/C10H13N/c1-8(2)10(4)6-5-9(3)7-11/h5-6,8H,3-4H2,1-2H3/b6-5-. The summed E-state index contributed by atoms with van der Waals surface area (Å²) < 4.78 is 0. The van der Waals surface area contributed by atoms with Crippen molar-refractivity contribution in [2.75, 3.05) is 0 Å². The van der Waals surface area contributed by atoms with Crippen LogP contribution in [-0.4, -0.2) is 0 Å². The van der Waals surface area contributed by atoms with Gasteiger partial charge in [-0.05, 0) is 12.0 Å². The lowest BCUT2D eigenvalue weighted by Crippen LogP contribution is -1.87. The molecule has 0 aliphatic rings. The van der Waals surface area contributed by atoms with Crippen molar-refractivity contribution >= 4 is 0 Å². The van der Waals surface area contributed by atoms with Crippen LogP contribution >= 0.6 is 0 Å². The van der Waals surface area contributed by atoms with Gasteiger partial charge in [0.25, 0.3) is 0 Å². The summed E-state index contributed by atoms with van der Waals surface area (Å²) in [5, 5.41) is 8.36. The van der Waals surface area contributed by atoms with Gasteiger partial charge >= 0.3 is 0 Å². The highest BCUT2D eigenvalue weighted by atomic mass is 14.2. The molecule has 1 heteroatoms. The van der Waals surface area contributed by atoms with Gasteiger partial charge < -0.3 is 0 Å². The fraction of sp³-hybridized carbons (Fsp3) is 0.300. The average molecular weight is 147 g/mol. The molecule has 0 aliphatic heterocycles. The molecule has 0 N–H and O–H groups in total. The fourth-order valence-corrected chi connectivity index (χ4v) is 0.437. The lowest BCUT2D eigenvalue weighted by Gasteiger charge is -2.01. The number of hydrogen-bond donors (Lipinski definition) is 0. The molecule has 0 saturated heterocycles. The Labute approximate surface area is 68.3 Å². The van der Waals surface area contributed by atoms with E-state index in [2.05, 4.69) is 27.0 Å². The Balaban J connectivity index is 4.06. The van der Waals surface area contributed by atoms with Gasteiger partial charge in [-0.25, -0.2) is 0 Å². The zero-order chi connectivity index (χ0) is 8.85. The van der Waals surface area contributed by atoms with Crippen LogP contribution < -0.4 is 0 Å². The molecule has 11 heavy (non-hydrogen) atoms. The van der Waals surface area contributed by atoms with Gasteiger partial charge in [-0.2, -0.15) is 5.26 Å². The summed E-state index contributed by atoms with van der Waals surface area (Å²) in [6.07, 6.45) is 3.51. The van der Waals surface area contributed by atoms with E-state index in [-0.39, 0.29) is 0 Å². The van der Waals surface area contributed by atoms with E-state index < -0.39 is 0 Å². The highest BCUT2D eigenvalue weighted by Gasteiger charge is 1.93. The Kier molecular flexibility index (Phi) is 3.98. The van der Waals surface area contributed by atoms with Crippen LogP contribution in [0.4, 0.5) is 0 Å². The first-order chi connectivity index (χ1) is 5.07. The van der Waals surface area contributed by atoms with Gasteiger partial charge in [0.15, 0.2) is 0 Å². The minimum Gasteiger partial charge on any atom is -0.192 e. The van der Waals surface area contributed by atoms with Crippen molar-refractivity contribution in [3.05, 3.63) is 36.5 Å². The van der Waals surface area contributed by atoms with Gasteiger partial charge in [-0.15, -0.1) is 0 Å². The third-order valence-corrected chi connectivity index (χ3v) is 1.38. The van der Waals surface area contributed by atoms with Crippen molar-refractivity contribution in [2.45, 2.75) is 13.8 Å². The van der Waals surface area contributed by atoms with Crippen LogP contribution in [0.1, 0.15) is 13.8 Å². The van der Waals surface area contributed by atoms with Crippen LogP contribution in [0, 0.1) is 17.2 Å². The second-order valence-electron chi connectivity index (χ2n) is 2.70. The molecule has 0 aromatic heterocycles. The molecule has 0 aromatic rings. The van der Waals surface area contributed by atoms with E-state index in [1.54, 1.807) is 6.08 Å². The van der Waals surface area contributed by atoms with Gasteiger partial charge in [0.2, 0.25) is 0 Å². The van der Waals surface area contributed by atoms with Gasteiger partial charge in [-0.1, -0.05) is 38.7 Å². The molecular formula is C10H13N. The van der Waals surface area contributed by atoms with Crippen molar-refractivity contribution in [1.82, 2.24) is 0 Å². The van der Waals surface area contributed by atoms with Crippen LogP contribution in [0.25, 0.3) is 0 Å². The first-order valence-electron chi connectivity index (χ1n) is 3.53. The molecule has 0 aliphatic carbocycles. The molecule has 0 atom stereocenters. The molecule has 0 radical (unpaired) electrons. The average Bonchev–Trinajstić information content (AvgIpc) is 1.99. The van der Waals surface area contributed by atoms with Crippen LogP contribution in [0.5, 0.6) is 0 Å². The van der Waals surface area contributed by atoms with Gasteiger partial charge in [0.05, 0.1) is 6.07 Å². The summed E-state index contributed by atoms with van der Waals surface area (Å²) >= 11 is 0. The van der Waals surface area contributed by atoms with Crippen molar-refractivity contribution < 1.29 is 0 Å². The van der Waals surface area contributed by atoms with Crippen molar-refractivity contribution in [1.29, 1.82) is 5.26 Å². The van der Waals surface area contributed by atoms with Crippen LogP contribution in [0.15, 0.2) is 36.5 Å². The van der Waals surface area contributed by atoms with Crippen molar-refractivity contribution in [3.8, 4) is 6.07 Å². The second kappa shape index (κ2) is 4.51. The lowest BCUT2D eigenvalue weighted by molar-refractivity contribution is 0.795. The van der Waals surface area contributed by atoms with E-state index in [1.807, 2.05) is 12.1 Å². The minimum absolute atomic E-state index is 0.428. The van der Waals surface area contributed by atoms with E-state index >= 15 is 0 Å². The first-order valence-corrected chi connectivity index (χ1v) is 3.53. The zero-order valence-electron chi connectivity index (χ0n) is 7.09. The summed E-state index contributed by atoms with van der Waals surface area (Å²) in [6, 6.07) is 1.94. The molecule has 58 valence electrons. The molecule has 0 fully saturated rings. The fourth-order valence-electron chi connectivity index (χ4n) is 0.437. The van der Waals surface area contributed by atoms with E-state index in [9.17, 15) is 0 Å². The molecule has 1 nitrogen and oxygen atoms in total. The minimum atomic E-state index is 0.428. The number of rotatable bonds is 3. The molecule has 0 rings (SSSR count). The molecule has 0 spiro atoms. The largest absolute Gasteiger partial charge is 0.192 e. The van der Waals surface area contributed by atoms with Gasteiger partial charge in [0.1, 0.15) is 0 Å². The summed E-state index contributed by atoms with van der Waals surface area (Å²) in [4.78, 5) is 0. The van der Waals surface area contributed by atoms with Crippen LogP contribution in [0.2, 0.25) is 0 Å². The van der Waals surface area contributed by atoms with Crippen LogP contribution in [0.3, 0.4) is 0 Å². The predicted molar refractivity (Wildman–Crippen MR) is 47.9 cm³/mol. The predicted octanol–water partition coefficient (Wildman–Crippen LogP) is 2.83. The Morgan fingerprint density at radius 1 is 1.36 bits per heavy atom. The van der Waals surface area contributed by atoms with E-state index in [0.717, 1.165) is 5.57 Å². The Bertz CT molecular complexity index is 226. The van der Waals surface area contributed by atoms with Gasteiger partial charge in [-0.3, -0.25) is 0 Å². The third-order valence-electron chi connectivity index (χ3n) is 1.38. The van der Waals surface area contributed by atoms with E-state index in [4.69, 9.17) is 5.26 Å². The topological polar surface area (TPSA) is 23.8 Å². The SMILES string of the molecule is C=C(C#N)/C=C\C(=C)C(C)C. The molecule has 0 bridgehead atoms. The summed E-state index contributed by atoms with van der Waals surface area (Å²) in [6.45, 7) is 11.5. The summed E-state index contributed by atoms with van der Waals surface area (Å²) in [7, 11) is 0. The zero-order valence-corrected chi connectivity index (χ0v) is 7.09. The van der Waals surface area contributed by atoms with E-state index in [0.29, 0.717) is 11.5 Å². The normalized spacial score (nSPS) is 10.0. The number of nitriles is 1. The molecule has 0 unspecified atom stereocenters. The Hall–Kier alpha value is -1.29. The smallest absolute Gasteiger partial charge is 0.0985 e. The lowest BCUT2D eigenvalue weighted by atomic mass is 10.0. The summed E-state index contributed by atoms with van der Waals surface area (Å²) in [5.41, 5.74) is 1.48. The third kappa shape index (κ3) is 4.16. The molecular weight excluding hydrogens is 134 g/mol. The first kappa shape index (κ1) is 9.71. The number of nitrogens with zero attached hydrogens (tertiary/aromatic N) is 1.